The van der Waals surface area contributed by atoms with Crippen LogP contribution in [0, 0.1) is 0 Å². The van der Waals surface area contributed by atoms with Gasteiger partial charge in [0.1, 0.15) is 5.75 Å². The minimum absolute atomic E-state index is 0.238. The standard InChI is InChI=1S/C28H30O2/c1-2-19-28(20-17-23(18-21-28)22-9-5-3-6-10-22)25-13-15-26(16-14-25)30-27(29)24-11-7-4-8-12-24/h3-16,23H,2,17-21H2,1H3. The van der Waals surface area contributed by atoms with E-state index in [2.05, 4.69) is 49.4 Å². The Bertz CT molecular complexity index is 937. The third kappa shape index (κ3) is 4.48. The number of esters is 1. The Morgan fingerprint density at radius 2 is 1.47 bits per heavy atom. The number of carbonyl (C=O) groups excluding carboxylic acids is 1. The fourth-order valence-electron chi connectivity index (χ4n) is 5.01. The highest BCUT2D eigenvalue weighted by Crippen LogP contribution is 2.47. The van der Waals surface area contributed by atoms with Gasteiger partial charge in [-0.2, -0.15) is 0 Å². The number of rotatable bonds is 6. The monoisotopic (exact) mass is 398 g/mol. The molecule has 0 bridgehead atoms. The predicted octanol–water partition coefficient (Wildman–Crippen LogP) is 7.30. The minimum atomic E-state index is -0.310. The molecule has 0 aliphatic heterocycles. The zero-order valence-electron chi connectivity index (χ0n) is 17.7. The van der Waals surface area contributed by atoms with E-state index < -0.39 is 0 Å². The van der Waals surface area contributed by atoms with E-state index in [4.69, 9.17) is 4.74 Å². The molecule has 1 saturated carbocycles. The molecule has 1 fully saturated rings. The lowest BCUT2D eigenvalue weighted by Gasteiger charge is -2.41. The van der Waals surface area contributed by atoms with Crippen molar-refractivity contribution in [1.29, 1.82) is 0 Å². The van der Waals surface area contributed by atoms with E-state index in [1.54, 1.807) is 12.1 Å². The Morgan fingerprint density at radius 3 is 2.07 bits per heavy atom. The molecule has 30 heavy (non-hydrogen) atoms. The number of carbonyl (C=O) groups is 1. The molecule has 0 radical (unpaired) electrons. The van der Waals surface area contributed by atoms with Crippen molar-refractivity contribution in [3.8, 4) is 5.75 Å². The first-order valence-electron chi connectivity index (χ1n) is 11.1. The minimum Gasteiger partial charge on any atom is -0.423 e. The Hall–Kier alpha value is -2.87. The molecule has 0 heterocycles. The van der Waals surface area contributed by atoms with E-state index in [-0.39, 0.29) is 11.4 Å². The number of hydrogen-bond acceptors (Lipinski definition) is 2. The molecule has 154 valence electrons. The molecule has 0 saturated heterocycles. The summed E-state index contributed by atoms with van der Waals surface area (Å²) in [6.45, 7) is 2.28. The lowest BCUT2D eigenvalue weighted by atomic mass is 9.63. The Morgan fingerprint density at radius 1 is 0.867 bits per heavy atom. The van der Waals surface area contributed by atoms with Gasteiger partial charge in [0.15, 0.2) is 0 Å². The van der Waals surface area contributed by atoms with Crippen LogP contribution >= 0.6 is 0 Å². The summed E-state index contributed by atoms with van der Waals surface area (Å²) in [4.78, 5) is 12.3. The topological polar surface area (TPSA) is 26.3 Å². The van der Waals surface area contributed by atoms with E-state index >= 15 is 0 Å². The van der Waals surface area contributed by atoms with Crippen molar-refractivity contribution >= 4 is 5.97 Å². The molecule has 3 aromatic rings. The fraction of sp³-hybridized carbons (Fsp3) is 0.321. The van der Waals surface area contributed by atoms with Gasteiger partial charge >= 0.3 is 5.97 Å². The van der Waals surface area contributed by atoms with Crippen LogP contribution in [0.3, 0.4) is 0 Å². The van der Waals surface area contributed by atoms with E-state index in [9.17, 15) is 4.79 Å². The van der Waals surface area contributed by atoms with Crippen molar-refractivity contribution in [2.24, 2.45) is 0 Å². The van der Waals surface area contributed by atoms with Gasteiger partial charge in [-0.3, -0.25) is 0 Å². The van der Waals surface area contributed by atoms with Gasteiger partial charge < -0.3 is 4.74 Å². The van der Waals surface area contributed by atoms with Crippen LogP contribution in [-0.4, -0.2) is 5.97 Å². The number of hydrogen-bond donors (Lipinski definition) is 0. The molecule has 1 aliphatic rings. The van der Waals surface area contributed by atoms with Crippen molar-refractivity contribution in [1.82, 2.24) is 0 Å². The molecule has 0 amide bonds. The highest BCUT2D eigenvalue weighted by atomic mass is 16.5. The first-order chi connectivity index (χ1) is 14.7. The average molecular weight is 399 g/mol. The Labute approximate surface area is 179 Å². The van der Waals surface area contributed by atoms with Crippen molar-refractivity contribution < 1.29 is 9.53 Å². The molecule has 0 N–H and O–H groups in total. The van der Waals surface area contributed by atoms with Crippen molar-refractivity contribution in [2.75, 3.05) is 0 Å². The fourth-order valence-corrected chi connectivity index (χ4v) is 5.01. The maximum absolute atomic E-state index is 12.3. The summed E-state index contributed by atoms with van der Waals surface area (Å²) in [7, 11) is 0. The van der Waals surface area contributed by atoms with Gasteiger partial charge in [-0.15, -0.1) is 0 Å². The molecule has 0 spiro atoms. The van der Waals surface area contributed by atoms with E-state index in [0.29, 0.717) is 17.2 Å². The van der Waals surface area contributed by atoms with Crippen LogP contribution in [0.15, 0.2) is 84.9 Å². The molecule has 1 aliphatic carbocycles. The van der Waals surface area contributed by atoms with E-state index in [1.807, 2.05) is 30.3 Å². The normalized spacial score (nSPS) is 21.2. The quantitative estimate of drug-likeness (QED) is 0.322. The Kier molecular flexibility index (Phi) is 6.32. The molecule has 3 aromatic carbocycles. The van der Waals surface area contributed by atoms with Crippen LogP contribution < -0.4 is 4.74 Å². The summed E-state index contributed by atoms with van der Waals surface area (Å²) in [5, 5.41) is 0. The van der Waals surface area contributed by atoms with Crippen LogP contribution in [0.25, 0.3) is 0 Å². The van der Waals surface area contributed by atoms with Gasteiger partial charge in [-0.05, 0) is 78.8 Å². The highest BCUT2D eigenvalue weighted by molar-refractivity contribution is 5.90. The largest absolute Gasteiger partial charge is 0.423 e. The molecule has 0 aromatic heterocycles. The van der Waals surface area contributed by atoms with Crippen LogP contribution in [0.1, 0.15) is 72.9 Å². The summed E-state index contributed by atoms with van der Waals surface area (Å²) in [5.41, 5.74) is 3.67. The van der Waals surface area contributed by atoms with Crippen LogP contribution in [-0.2, 0) is 5.41 Å². The molecule has 0 atom stereocenters. The lowest BCUT2D eigenvalue weighted by Crippen LogP contribution is -2.31. The first kappa shape index (κ1) is 20.4. The molecule has 2 nitrogen and oxygen atoms in total. The summed E-state index contributed by atoms with van der Waals surface area (Å²) in [6, 6.07) is 28.3. The van der Waals surface area contributed by atoms with Crippen LogP contribution in [0.4, 0.5) is 0 Å². The molecular formula is C28H30O2. The predicted molar refractivity (Wildman–Crippen MR) is 122 cm³/mol. The van der Waals surface area contributed by atoms with Gasteiger partial charge in [0.05, 0.1) is 5.56 Å². The third-order valence-corrected chi connectivity index (χ3v) is 6.63. The molecule has 4 rings (SSSR count). The zero-order chi connectivity index (χ0) is 20.8. The zero-order valence-corrected chi connectivity index (χ0v) is 17.7. The van der Waals surface area contributed by atoms with Gasteiger partial charge in [-0.1, -0.05) is 74.0 Å². The van der Waals surface area contributed by atoms with E-state index in [1.165, 1.54) is 49.7 Å². The SMILES string of the molecule is CCCC1(c2ccc(OC(=O)c3ccccc3)cc2)CCC(c2ccccc2)CC1. The van der Waals surface area contributed by atoms with Crippen LogP contribution in [0.5, 0.6) is 5.75 Å². The van der Waals surface area contributed by atoms with E-state index in [0.717, 1.165) is 0 Å². The maximum atomic E-state index is 12.3. The summed E-state index contributed by atoms with van der Waals surface area (Å²) in [6.07, 6.45) is 7.27. The summed E-state index contributed by atoms with van der Waals surface area (Å²) >= 11 is 0. The van der Waals surface area contributed by atoms with Crippen molar-refractivity contribution in [2.45, 2.75) is 56.8 Å². The molecule has 2 heteroatoms. The second-order valence-corrected chi connectivity index (χ2v) is 8.50. The van der Waals surface area contributed by atoms with Crippen LogP contribution in [0.2, 0.25) is 0 Å². The average Bonchev–Trinajstić information content (AvgIpc) is 2.81. The van der Waals surface area contributed by atoms with Gasteiger partial charge in [0.2, 0.25) is 0 Å². The second-order valence-electron chi connectivity index (χ2n) is 8.50. The number of benzene rings is 3. The van der Waals surface area contributed by atoms with Gasteiger partial charge in [-0.25, -0.2) is 4.79 Å². The summed E-state index contributed by atoms with van der Waals surface area (Å²) < 4.78 is 5.57. The first-order valence-corrected chi connectivity index (χ1v) is 11.1. The number of ether oxygens (including phenoxy) is 1. The highest BCUT2D eigenvalue weighted by Gasteiger charge is 2.36. The van der Waals surface area contributed by atoms with Gasteiger partial charge in [0.25, 0.3) is 0 Å². The van der Waals surface area contributed by atoms with Gasteiger partial charge in [0, 0.05) is 0 Å². The maximum Gasteiger partial charge on any atom is 0.343 e. The smallest absolute Gasteiger partial charge is 0.343 e. The lowest BCUT2D eigenvalue weighted by molar-refractivity contribution is 0.0734. The van der Waals surface area contributed by atoms with Crippen molar-refractivity contribution in [3.05, 3.63) is 102 Å². The third-order valence-electron chi connectivity index (χ3n) is 6.63. The molecular weight excluding hydrogens is 368 g/mol. The second kappa shape index (κ2) is 9.30. The Balaban J connectivity index is 1.46. The van der Waals surface area contributed by atoms with Crippen molar-refractivity contribution in [3.63, 3.8) is 0 Å². The molecule has 0 unspecified atom stereocenters. The summed E-state index contributed by atoms with van der Waals surface area (Å²) in [5.74, 6) is 0.967.